The first-order valence-corrected chi connectivity index (χ1v) is 8.32. The molecule has 4 nitrogen and oxygen atoms in total. The molecule has 23 heavy (non-hydrogen) atoms. The Morgan fingerprint density at radius 2 is 1.96 bits per heavy atom. The molecule has 0 unspecified atom stereocenters. The summed E-state index contributed by atoms with van der Waals surface area (Å²) in [6, 6.07) is 1.87. The first kappa shape index (κ1) is 19.1. The number of aromatic nitrogens is 1. The summed E-state index contributed by atoms with van der Waals surface area (Å²) in [5, 5.41) is 0. The van der Waals surface area contributed by atoms with Gasteiger partial charge in [0.2, 0.25) is 0 Å². The molecular formula is C19H29NO3. The maximum absolute atomic E-state index is 11.5. The highest BCUT2D eigenvalue weighted by Gasteiger charge is 2.00. The van der Waals surface area contributed by atoms with Crippen LogP contribution in [-0.4, -0.2) is 18.7 Å². The van der Waals surface area contributed by atoms with E-state index in [1.54, 1.807) is 20.3 Å². The van der Waals surface area contributed by atoms with Gasteiger partial charge in [-0.3, -0.25) is 4.79 Å². The molecule has 0 aliphatic carbocycles. The van der Waals surface area contributed by atoms with Crippen molar-refractivity contribution in [2.75, 3.05) is 13.7 Å². The molecule has 0 saturated carbocycles. The molecule has 1 N–H and O–H groups in total. The molecule has 0 aromatic carbocycles. The zero-order chi connectivity index (χ0) is 17.1. The number of methoxy groups -OCH3 is 1. The standard InChI is InChI=1S/C19H29NO3/c1-5-6-7-8-9-12-23-14-18(22-4)11-10-17-13-15(2)19(21)20-16(17)3/h10-11,13-14H,5-9,12H2,1-4H3,(H,20,21)/b11-10-,18-14-. The summed E-state index contributed by atoms with van der Waals surface area (Å²) in [6.07, 6.45) is 11.5. The molecule has 0 bridgehead atoms. The number of nitrogens with one attached hydrogen (secondary N) is 1. The van der Waals surface area contributed by atoms with Crippen LogP contribution in [0.4, 0.5) is 0 Å². The number of aromatic amines is 1. The second kappa shape index (κ2) is 10.7. The maximum atomic E-state index is 11.5. The number of hydrogen-bond acceptors (Lipinski definition) is 3. The molecule has 0 fully saturated rings. The Balaban J connectivity index is 2.53. The van der Waals surface area contributed by atoms with E-state index in [0.717, 1.165) is 17.7 Å². The lowest BCUT2D eigenvalue weighted by atomic mass is 10.1. The Morgan fingerprint density at radius 3 is 2.65 bits per heavy atom. The van der Waals surface area contributed by atoms with Crippen molar-refractivity contribution in [3.8, 4) is 0 Å². The molecule has 0 saturated heterocycles. The van der Waals surface area contributed by atoms with Gasteiger partial charge in [0.25, 0.3) is 5.56 Å². The van der Waals surface area contributed by atoms with Crippen LogP contribution in [0, 0.1) is 13.8 Å². The molecule has 0 aliphatic rings. The van der Waals surface area contributed by atoms with Gasteiger partial charge in [-0.2, -0.15) is 0 Å². The number of ether oxygens (including phenoxy) is 2. The van der Waals surface area contributed by atoms with E-state index in [1.165, 1.54) is 25.7 Å². The third-order valence-electron chi connectivity index (χ3n) is 3.69. The van der Waals surface area contributed by atoms with Crippen molar-refractivity contribution in [3.63, 3.8) is 0 Å². The van der Waals surface area contributed by atoms with Crippen molar-refractivity contribution in [1.82, 2.24) is 4.98 Å². The van der Waals surface area contributed by atoms with Crippen molar-refractivity contribution in [2.45, 2.75) is 52.9 Å². The molecule has 0 radical (unpaired) electrons. The number of rotatable bonds is 10. The van der Waals surface area contributed by atoms with E-state index in [-0.39, 0.29) is 5.56 Å². The summed E-state index contributed by atoms with van der Waals surface area (Å²) in [5.74, 6) is 0.654. The average molecular weight is 319 g/mol. The van der Waals surface area contributed by atoms with Gasteiger partial charge in [-0.15, -0.1) is 0 Å². The van der Waals surface area contributed by atoms with E-state index < -0.39 is 0 Å². The third kappa shape index (κ3) is 7.22. The monoisotopic (exact) mass is 319 g/mol. The van der Waals surface area contributed by atoms with Crippen molar-refractivity contribution in [1.29, 1.82) is 0 Å². The van der Waals surface area contributed by atoms with Crippen LogP contribution < -0.4 is 5.56 Å². The predicted octanol–water partition coefficient (Wildman–Crippen LogP) is 4.48. The average Bonchev–Trinajstić information content (AvgIpc) is 2.53. The summed E-state index contributed by atoms with van der Waals surface area (Å²) < 4.78 is 10.8. The lowest BCUT2D eigenvalue weighted by molar-refractivity contribution is 0.211. The minimum atomic E-state index is -0.0476. The highest BCUT2D eigenvalue weighted by Crippen LogP contribution is 2.10. The second-order valence-electron chi connectivity index (χ2n) is 5.70. The number of aryl methyl sites for hydroxylation is 2. The number of pyridine rings is 1. The Hall–Kier alpha value is -1.97. The van der Waals surface area contributed by atoms with Gasteiger partial charge in [0.1, 0.15) is 6.26 Å². The van der Waals surface area contributed by atoms with Gasteiger partial charge >= 0.3 is 0 Å². The zero-order valence-electron chi connectivity index (χ0n) is 14.8. The van der Waals surface area contributed by atoms with Crippen LogP contribution in [-0.2, 0) is 9.47 Å². The lowest BCUT2D eigenvalue weighted by Crippen LogP contribution is -2.11. The van der Waals surface area contributed by atoms with E-state index in [1.807, 2.05) is 25.1 Å². The van der Waals surface area contributed by atoms with E-state index in [4.69, 9.17) is 9.47 Å². The van der Waals surface area contributed by atoms with Gasteiger partial charge in [-0.25, -0.2) is 0 Å². The smallest absolute Gasteiger partial charge is 0.251 e. The molecule has 0 atom stereocenters. The number of allylic oxidation sites excluding steroid dienone is 1. The van der Waals surface area contributed by atoms with Crippen LogP contribution >= 0.6 is 0 Å². The lowest BCUT2D eigenvalue weighted by Gasteiger charge is -2.05. The van der Waals surface area contributed by atoms with Gasteiger partial charge in [0.15, 0.2) is 5.76 Å². The minimum absolute atomic E-state index is 0.0476. The van der Waals surface area contributed by atoms with Crippen molar-refractivity contribution in [3.05, 3.63) is 51.3 Å². The van der Waals surface area contributed by atoms with Crippen LogP contribution in [0.1, 0.15) is 55.8 Å². The Bertz CT molecular complexity index is 585. The highest BCUT2D eigenvalue weighted by molar-refractivity contribution is 5.54. The van der Waals surface area contributed by atoms with Crippen molar-refractivity contribution >= 4 is 6.08 Å². The van der Waals surface area contributed by atoms with Gasteiger partial charge < -0.3 is 14.5 Å². The van der Waals surface area contributed by atoms with Crippen molar-refractivity contribution in [2.24, 2.45) is 0 Å². The van der Waals surface area contributed by atoms with Gasteiger partial charge in [0, 0.05) is 11.3 Å². The summed E-state index contributed by atoms with van der Waals surface area (Å²) in [5.41, 5.74) is 2.45. The molecule has 0 amide bonds. The molecule has 1 aromatic heterocycles. The van der Waals surface area contributed by atoms with Crippen LogP contribution in [0.2, 0.25) is 0 Å². The minimum Gasteiger partial charge on any atom is -0.497 e. The molecule has 0 aliphatic heterocycles. The molecule has 1 heterocycles. The van der Waals surface area contributed by atoms with E-state index in [2.05, 4.69) is 11.9 Å². The normalized spacial score (nSPS) is 11.9. The summed E-state index contributed by atoms with van der Waals surface area (Å²) in [7, 11) is 1.62. The number of H-pyrrole nitrogens is 1. The SMILES string of the molecule is CCCCCCCO/C=C(/C=C\c1cc(C)c(=O)[nH]c1C)OC. The first-order chi connectivity index (χ1) is 11.1. The fraction of sp³-hybridized carbons (Fsp3) is 0.526. The molecule has 128 valence electrons. The predicted molar refractivity (Wildman–Crippen MR) is 95.4 cm³/mol. The van der Waals surface area contributed by atoms with E-state index in [9.17, 15) is 4.79 Å². The molecule has 1 aromatic rings. The maximum Gasteiger partial charge on any atom is 0.251 e. The Kier molecular flexibility index (Phi) is 8.88. The van der Waals surface area contributed by atoms with Crippen LogP contribution in [0.25, 0.3) is 6.08 Å². The topological polar surface area (TPSA) is 51.3 Å². The van der Waals surface area contributed by atoms with Crippen molar-refractivity contribution < 1.29 is 9.47 Å². The molecular weight excluding hydrogens is 290 g/mol. The summed E-state index contributed by atoms with van der Waals surface area (Å²) >= 11 is 0. The quantitative estimate of drug-likeness (QED) is 0.393. The summed E-state index contributed by atoms with van der Waals surface area (Å²) in [6.45, 7) is 6.59. The van der Waals surface area contributed by atoms with Gasteiger partial charge in [0.05, 0.1) is 13.7 Å². The molecule has 4 heteroatoms. The fourth-order valence-corrected chi connectivity index (χ4v) is 2.18. The molecule has 1 rings (SSSR count). The van der Waals surface area contributed by atoms with E-state index in [0.29, 0.717) is 17.9 Å². The highest BCUT2D eigenvalue weighted by atomic mass is 16.5. The second-order valence-corrected chi connectivity index (χ2v) is 5.70. The van der Waals surface area contributed by atoms with Crippen LogP contribution in [0.15, 0.2) is 29.0 Å². The van der Waals surface area contributed by atoms with Gasteiger partial charge in [-0.05, 0) is 44.1 Å². The fourth-order valence-electron chi connectivity index (χ4n) is 2.18. The first-order valence-electron chi connectivity index (χ1n) is 8.32. The Morgan fingerprint density at radius 1 is 1.22 bits per heavy atom. The Labute approximate surface area is 139 Å². The van der Waals surface area contributed by atoms with E-state index >= 15 is 0 Å². The van der Waals surface area contributed by atoms with Gasteiger partial charge in [-0.1, -0.05) is 32.6 Å². The third-order valence-corrected chi connectivity index (χ3v) is 3.69. The zero-order valence-corrected chi connectivity index (χ0v) is 14.8. The number of hydrogen-bond donors (Lipinski definition) is 1. The number of unbranched alkanes of at least 4 members (excludes halogenated alkanes) is 4. The summed E-state index contributed by atoms with van der Waals surface area (Å²) in [4.78, 5) is 14.3. The van der Waals surface area contributed by atoms with Crippen LogP contribution in [0.5, 0.6) is 0 Å². The van der Waals surface area contributed by atoms with Crippen LogP contribution in [0.3, 0.4) is 0 Å². The largest absolute Gasteiger partial charge is 0.497 e. The molecule has 0 spiro atoms.